The van der Waals surface area contributed by atoms with Crippen LogP contribution in [-0.4, -0.2) is 54.2 Å². The maximum Gasteiger partial charge on any atom is 0.414 e. The molecule has 4 atom stereocenters. The number of piperidine rings is 1. The second kappa shape index (κ2) is 7.92. The van der Waals surface area contributed by atoms with Crippen molar-refractivity contribution >= 4 is 17.7 Å². The van der Waals surface area contributed by atoms with Gasteiger partial charge in [0, 0.05) is 50.2 Å². The maximum absolute atomic E-state index is 12.3. The fourth-order valence-electron chi connectivity index (χ4n) is 5.22. The summed E-state index contributed by atoms with van der Waals surface area (Å²) in [5, 5.41) is 2.68. The Balaban J connectivity index is 1.23. The summed E-state index contributed by atoms with van der Waals surface area (Å²) >= 11 is 0. The van der Waals surface area contributed by atoms with E-state index in [9.17, 15) is 9.59 Å². The smallest absolute Gasteiger partial charge is 0.414 e. The molecule has 0 radical (unpaired) electrons. The Morgan fingerprint density at radius 2 is 1.88 bits per heavy atom. The Hall–Kier alpha value is -3.44. The topological polar surface area (TPSA) is 79.1 Å². The van der Waals surface area contributed by atoms with Crippen molar-refractivity contribution < 1.29 is 14.3 Å². The van der Waals surface area contributed by atoms with Gasteiger partial charge in [-0.15, -0.1) is 0 Å². The molecular formula is C24H25N5O3. The number of anilines is 1. The Morgan fingerprint density at radius 1 is 1.19 bits per heavy atom. The molecule has 1 aliphatic carbocycles. The molecule has 32 heavy (non-hydrogen) atoms. The fraction of sp³-hybridized carbons (Fsp3) is 0.417. The van der Waals surface area contributed by atoms with E-state index in [1.165, 1.54) is 12.5 Å². The molecule has 1 aromatic carbocycles. The van der Waals surface area contributed by atoms with Crippen LogP contribution in [0.1, 0.15) is 18.1 Å². The Bertz CT molecular complexity index is 1050. The van der Waals surface area contributed by atoms with Crippen LogP contribution < -0.4 is 10.2 Å². The van der Waals surface area contributed by atoms with Gasteiger partial charge in [-0.2, -0.15) is 0 Å². The summed E-state index contributed by atoms with van der Waals surface area (Å²) in [5.41, 5.74) is 2.56. The number of hydrogen-bond donors (Lipinski definition) is 1. The van der Waals surface area contributed by atoms with E-state index in [2.05, 4.69) is 20.0 Å². The highest BCUT2D eigenvalue weighted by atomic mass is 16.6. The van der Waals surface area contributed by atoms with E-state index in [1.807, 2.05) is 48.8 Å². The first kappa shape index (κ1) is 20.5. The van der Waals surface area contributed by atoms with Crippen molar-refractivity contribution in [1.29, 1.82) is 0 Å². The molecule has 0 spiro atoms. The molecular weight excluding hydrogens is 406 g/mol. The number of pyridine rings is 1. The lowest BCUT2D eigenvalue weighted by molar-refractivity contribution is -0.119. The van der Waals surface area contributed by atoms with Crippen LogP contribution in [0, 0.1) is 18.4 Å². The normalized spacial score (nSPS) is 28.7. The van der Waals surface area contributed by atoms with Gasteiger partial charge in [0.1, 0.15) is 6.10 Å². The van der Waals surface area contributed by atoms with E-state index in [4.69, 9.17) is 11.3 Å². The van der Waals surface area contributed by atoms with Gasteiger partial charge in [-0.1, -0.05) is 0 Å². The van der Waals surface area contributed by atoms with Gasteiger partial charge in [0.15, 0.2) is 0 Å². The van der Waals surface area contributed by atoms with E-state index in [0.717, 1.165) is 30.9 Å². The molecule has 0 bridgehead atoms. The van der Waals surface area contributed by atoms with E-state index < -0.39 is 11.6 Å². The quantitative estimate of drug-likeness (QED) is 0.711. The van der Waals surface area contributed by atoms with Gasteiger partial charge in [-0.25, -0.2) is 11.4 Å². The van der Waals surface area contributed by atoms with Crippen LogP contribution in [0.25, 0.3) is 4.85 Å². The van der Waals surface area contributed by atoms with Gasteiger partial charge in [-0.3, -0.25) is 19.6 Å². The SMILES string of the molecule is [C-]#[N+]C1(c2ccc(N3C[C@H](CNC(C)=O)OC3=O)cc2)[C@@H]2CN(Cc3ccncc3)C[C@@H]21. The highest BCUT2D eigenvalue weighted by Crippen LogP contribution is 2.64. The molecule has 3 heterocycles. The zero-order valence-electron chi connectivity index (χ0n) is 17.9. The van der Waals surface area contributed by atoms with Crippen LogP contribution >= 0.6 is 0 Å². The number of carbonyl (C=O) groups excluding carboxylic acids is 2. The number of carbonyl (C=O) groups is 2. The largest absolute Gasteiger partial charge is 0.442 e. The van der Waals surface area contributed by atoms with Crippen molar-refractivity contribution in [3.63, 3.8) is 0 Å². The highest BCUT2D eigenvalue weighted by molar-refractivity contribution is 5.89. The lowest BCUT2D eigenvalue weighted by Gasteiger charge is -2.21. The molecule has 2 saturated heterocycles. The molecule has 1 aromatic heterocycles. The van der Waals surface area contributed by atoms with Gasteiger partial charge in [0.2, 0.25) is 5.91 Å². The molecule has 8 heteroatoms. The van der Waals surface area contributed by atoms with Crippen LogP contribution in [0.5, 0.6) is 0 Å². The Labute approximate surface area is 187 Å². The van der Waals surface area contributed by atoms with E-state index >= 15 is 0 Å². The second-order valence-corrected chi connectivity index (χ2v) is 8.80. The van der Waals surface area contributed by atoms with E-state index in [1.54, 1.807) is 4.90 Å². The summed E-state index contributed by atoms with van der Waals surface area (Å²) in [6.07, 6.45) is 2.85. The average molecular weight is 431 g/mol. The summed E-state index contributed by atoms with van der Waals surface area (Å²) in [6, 6.07) is 11.8. The molecule has 1 saturated carbocycles. The van der Waals surface area contributed by atoms with Crippen LogP contribution in [0.4, 0.5) is 10.5 Å². The predicted octanol–water partition coefficient (Wildman–Crippen LogP) is 2.42. The molecule has 8 nitrogen and oxygen atoms in total. The molecule has 2 aromatic rings. The molecule has 2 aliphatic heterocycles. The molecule has 5 rings (SSSR count). The third-order valence-corrected chi connectivity index (χ3v) is 6.85. The average Bonchev–Trinajstić information content (AvgIpc) is 3.06. The van der Waals surface area contributed by atoms with E-state index in [0.29, 0.717) is 24.9 Å². The number of benzene rings is 1. The lowest BCUT2D eigenvalue weighted by Crippen LogP contribution is -2.33. The number of hydrogen-bond acceptors (Lipinski definition) is 5. The van der Waals surface area contributed by atoms with Crippen molar-refractivity contribution in [2.24, 2.45) is 11.8 Å². The number of cyclic esters (lactones) is 1. The first-order valence-corrected chi connectivity index (χ1v) is 10.8. The number of fused-ring (bicyclic) bond motifs is 1. The number of ether oxygens (including phenoxy) is 1. The highest BCUT2D eigenvalue weighted by Gasteiger charge is 2.76. The molecule has 3 fully saturated rings. The van der Waals surface area contributed by atoms with Gasteiger partial charge < -0.3 is 14.9 Å². The van der Waals surface area contributed by atoms with Crippen molar-refractivity contribution in [1.82, 2.24) is 15.2 Å². The minimum atomic E-state index is -0.452. The lowest BCUT2D eigenvalue weighted by atomic mass is 9.99. The van der Waals surface area contributed by atoms with Crippen molar-refractivity contribution in [2.75, 3.05) is 31.1 Å². The first-order chi connectivity index (χ1) is 15.5. The Kier molecular flexibility index (Phi) is 5.06. The number of rotatable bonds is 6. The molecule has 2 amide bonds. The standard InChI is InChI=1S/C24H25N5O3/c1-16(30)27-11-20-13-29(23(31)32-20)19-5-3-18(4-6-19)24(25-2)21-14-28(15-22(21)24)12-17-7-9-26-10-8-17/h3-10,20-22H,11-15H2,1H3,(H,27,30)/t20-,21-,22+,24?/m0/s1. The van der Waals surface area contributed by atoms with Crippen LogP contribution in [-0.2, 0) is 21.6 Å². The maximum atomic E-state index is 12.3. The second-order valence-electron chi connectivity index (χ2n) is 8.80. The van der Waals surface area contributed by atoms with Crippen molar-refractivity contribution in [3.05, 3.63) is 71.3 Å². The number of nitrogens with zero attached hydrogens (tertiary/aromatic N) is 4. The molecule has 1 unspecified atom stereocenters. The number of nitrogens with one attached hydrogen (secondary N) is 1. The minimum absolute atomic E-state index is 0.150. The fourth-order valence-corrected chi connectivity index (χ4v) is 5.22. The number of amides is 2. The zero-order chi connectivity index (χ0) is 22.3. The summed E-state index contributed by atoms with van der Waals surface area (Å²) in [6.45, 7) is 12.8. The van der Waals surface area contributed by atoms with Crippen molar-refractivity contribution in [2.45, 2.75) is 25.1 Å². The van der Waals surface area contributed by atoms with Crippen LogP contribution in [0.2, 0.25) is 0 Å². The van der Waals surface area contributed by atoms with Gasteiger partial charge in [0.25, 0.3) is 5.54 Å². The molecule has 164 valence electrons. The third kappa shape index (κ3) is 3.49. The Morgan fingerprint density at radius 3 is 2.50 bits per heavy atom. The summed E-state index contributed by atoms with van der Waals surface area (Å²) < 4.78 is 5.35. The molecule has 1 N–H and O–H groups in total. The number of aromatic nitrogens is 1. The number of likely N-dealkylation sites (tertiary alicyclic amines) is 1. The summed E-state index contributed by atoms with van der Waals surface area (Å²) in [4.78, 5) is 35.5. The third-order valence-electron chi connectivity index (χ3n) is 6.85. The van der Waals surface area contributed by atoms with E-state index in [-0.39, 0.29) is 12.0 Å². The summed E-state index contributed by atoms with van der Waals surface area (Å²) in [7, 11) is 0. The van der Waals surface area contributed by atoms with Gasteiger partial charge >= 0.3 is 6.09 Å². The monoisotopic (exact) mass is 431 g/mol. The van der Waals surface area contributed by atoms with Crippen LogP contribution in [0.15, 0.2) is 48.8 Å². The van der Waals surface area contributed by atoms with Gasteiger partial charge in [0.05, 0.1) is 24.9 Å². The van der Waals surface area contributed by atoms with Gasteiger partial charge in [-0.05, 0) is 42.0 Å². The molecule has 3 aliphatic rings. The van der Waals surface area contributed by atoms with Crippen LogP contribution in [0.3, 0.4) is 0 Å². The first-order valence-electron chi connectivity index (χ1n) is 10.8. The minimum Gasteiger partial charge on any atom is -0.442 e. The van der Waals surface area contributed by atoms with Crippen molar-refractivity contribution in [3.8, 4) is 0 Å². The predicted molar refractivity (Wildman–Crippen MR) is 118 cm³/mol. The zero-order valence-corrected chi connectivity index (χ0v) is 17.9. The summed E-state index contributed by atoms with van der Waals surface area (Å²) in [5.74, 6) is 0.528.